The van der Waals surface area contributed by atoms with Gasteiger partial charge in [0.15, 0.2) is 5.75 Å². The SMILES string of the molecule is C#CCCCOc1c(Cl)cc(C#N)cc1Cl. The van der Waals surface area contributed by atoms with Gasteiger partial charge in [-0.2, -0.15) is 5.26 Å². The largest absolute Gasteiger partial charge is 0.490 e. The predicted molar refractivity (Wildman–Crippen MR) is 64.7 cm³/mol. The van der Waals surface area contributed by atoms with Gasteiger partial charge >= 0.3 is 0 Å². The van der Waals surface area contributed by atoms with Crippen LogP contribution in [0.3, 0.4) is 0 Å². The summed E-state index contributed by atoms with van der Waals surface area (Å²) in [6.45, 7) is 0.454. The number of hydrogen-bond donors (Lipinski definition) is 0. The van der Waals surface area contributed by atoms with E-state index in [0.717, 1.165) is 6.42 Å². The summed E-state index contributed by atoms with van der Waals surface area (Å²) < 4.78 is 5.40. The van der Waals surface area contributed by atoms with Crippen molar-refractivity contribution in [1.29, 1.82) is 5.26 Å². The fraction of sp³-hybridized carbons (Fsp3) is 0.250. The van der Waals surface area contributed by atoms with Gasteiger partial charge in [0.25, 0.3) is 0 Å². The second-order valence-electron chi connectivity index (χ2n) is 3.04. The van der Waals surface area contributed by atoms with Crippen LogP contribution in [-0.2, 0) is 0 Å². The molecule has 16 heavy (non-hydrogen) atoms. The molecule has 0 saturated carbocycles. The van der Waals surface area contributed by atoms with Crippen LogP contribution in [0.5, 0.6) is 5.75 Å². The van der Waals surface area contributed by atoms with E-state index in [0.29, 0.717) is 34.4 Å². The average Bonchev–Trinajstić information content (AvgIpc) is 2.26. The minimum absolute atomic E-state index is 0.338. The molecule has 1 rings (SSSR count). The van der Waals surface area contributed by atoms with E-state index in [1.807, 2.05) is 6.07 Å². The van der Waals surface area contributed by atoms with Crippen LogP contribution in [0.4, 0.5) is 0 Å². The minimum atomic E-state index is 0.338. The molecule has 0 unspecified atom stereocenters. The maximum atomic E-state index is 8.69. The first-order chi connectivity index (χ1) is 7.69. The molecule has 0 amide bonds. The second kappa shape index (κ2) is 6.28. The fourth-order valence-electron chi connectivity index (χ4n) is 1.11. The number of hydrogen-bond acceptors (Lipinski definition) is 2. The molecule has 0 aromatic heterocycles. The van der Waals surface area contributed by atoms with Crippen molar-refractivity contribution in [3.63, 3.8) is 0 Å². The van der Waals surface area contributed by atoms with Crippen LogP contribution in [-0.4, -0.2) is 6.61 Å². The van der Waals surface area contributed by atoms with Crippen molar-refractivity contribution in [2.24, 2.45) is 0 Å². The normalized spacial score (nSPS) is 9.25. The highest BCUT2D eigenvalue weighted by atomic mass is 35.5. The highest BCUT2D eigenvalue weighted by Gasteiger charge is 2.09. The first-order valence-electron chi connectivity index (χ1n) is 4.64. The summed E-state index contributed by atoms with van der Waals surface area (Å²) >= 11 is 11.9. The van der Waals surface area contributed by atoms with E-state index in [9.17, 15) is 0 Å². The number of terminal acetylenes is 1. The standard InChI is InChI=1S/C12H9Cl2NO/c1-2-3-4-5-16-12-10(13)6-9(8-15)7-11(12)14/h1,6-7H,3-5H2. The Morgan fingerprint density at radius 3 is 2.44 bits per heavy atom. The molecule has 2 nitrogen and oxygen atoms in total. The quantitative estimate of drug-likeness (QED) is 0.606. The van der Waals surface area contributed by atoms with E-state index in [2.05, 4.69) is 5.92 Å². The summed E-state index contributed by atoms with van der Waals surface area (Å²) in [6, 6.07) is 5.00. The van der Waals surface area contributed by atoms with Crippen molar-refractivity contribution >= 4 is 23.2 Å². The fourth-order valence-corrected chi connectivity index (χ4v) is 1.71. The van der Waals surface area contributed by atoms with Gasteiger partial charge in [-0.15, -0.1) is 12.3 Å². The number of unbranched alkanes of at least 4 members (excludes halogenated alkanes) is 1. The molecule has 0 fully saturated rings. The molecule has 0 radical (unpaired) electrons. The molecule has 0 aliphatic carbocycles. The third-order valence-corrected chi connectivity index (χ3v) is 2.40. The number of ether oxygens (including phenoxy) is 1. The topological polar surface area (TPSA) is 33.0 Å². The molecular formula is C12H9Cl2NO. The Bertz CT molecular complexity index is 434. The van der Waals surface area contributed by atoms with Crippen LogP contribution in [0.15, 0.2) is 12.1 Å². The smallest absolute Gasteiger partial charge is 0.156 e. The highest BCUT2D eigenvalue weighted by molar-refractivity contribution is 6.37. The maximum Gasteiger partial charge on any atom is 0.156 e. The summed E-state index contributed by atoms with van der Waals surface area (Å²) in [6.07, 6.45) is 6.50. The molecular weight excluding hydrogens is 245 g/mol. The van der Waals surface area contributed by atoms with Crippen LogP contribution in [0, 0.1) is 23.7 Å². The number of nitriles is 1. The van der Waals surface area contributed by atoms with Gasteiger partial charge < -0.3 is 4.74 Å². The van der Waals surface area contributed by atoms with E-state index < -0.39 is 0 Å². The van der Waals surface area contributed by atoms with Gasteiger partial charge in [0.2, 0.25) is 0 Å². The molecule has 0 aliphatic rings. The molecule has 0 spiro atoms. The number of rotatable bonds is 4. The molecule has 0 heterocycles. The van der Waals surface area contributed by atoms with E-state index in [1.54, 1.807) is 0 Å². The van der Waals surface area contributed by atoms with Gasteiger partial charge in [-0.25, -0.2) is 0 Å². The van der Waals surface area contributed by atoms with Crippen molar-refractivity contribution in [3.05, 3.63) is 27.7 Å². The monoisotopic (exact) mass is 253 g/mol. The van der Waals surface area contributed by atoms with Gasteiger partial charge in [-0.05, 0) is 18.6 Å². The summed E-state index contributed by atoms with van der Waals surface area (Å²) in [5.74, 6) is 2.91. The van der Waals surface area contributed by atoms with Crippen LogP contribution in [0.25, 0.3) is 0 Å². The molecule has 0 bridgehead atoms. The van der Waals surface area contributed by atoms with E-state index in [1.165, 1.54) is 12.1 Å². The summed E-state index contributed by atoms with van der Waals surface area (Å²) in [7, 11) is 0. The van der Waals surface area contributed by atoms with Gasteiger partial charge in [0.1, 0.15) is 0 Å². The molecule has 82 valence electrons. The van der Waals surface area contributed by atoms with Crippen molar-refractivity contribution in [1.82, 2.24) is 0 Å². The molecule has 4 heteroatoms. The Balaban J connectivity index is 2.74. The van der Waals surface area contributed by atoms with Crippen molar-refractivity contribution in [2.75, 3.05) is 6.61 Å². The van der Waals surface area contributed by atoms with Crippen LogP contribution in [0.1, 0.15) is 18.4 Å². The summed E-state index contributed by atoms with van der Waals surface area (Å²) in [4.78, 5) is 0. The Kier molecular flexibility index (Phi) is 4.99. The summed E-state index contributed by atoms with van der Waals surface area (Å²) in [5, 5.41) is 9.37. The molecule has 0 N–H and O–H groups in total. The van der Waals surface area contributed by atoms with E-state index >= 15 is 0 Å². The Morgan fingerprint density at radius 2 is 1.94 bits per heavy atom. The molecule has 1 aromatic rings. The lowest BCUT2D eigenvalue weighted by Crippen LogP contribution is -1.98. The highest BCUT2D eigenvalue weighted by Crippen LogP contribution is 2.34. The van der Waals surface area contributed by atoms with E-state index in [-0.39, 0.29) is 0 Å². The minimum Gasteiger partial charge on any atom is -0.490 e. The van der Waals surface area contributed by atoms with Crippen LogP contribution in [0.2, 0.25) is 10.0 Å². The third kappa shape index (κ3) is 3.35. The zero-order valence-electron chi connectivity index (χ0n) is 8.46. The van der Waals surface area contributed by atoms with Gasteiger partial charge in [-0.1, -0.05) is 23.2 Å². The first kappa shape index (κ1) is 12.7. The lowest BCUT2D eigenvalue weighted by molar-refractivity contribution is 0.313. The molecule has 0 saturated heterocycles. The van der Waals surface area contributed by atoms with Crippen molar-refractivity contribution < 1.29 is 4.74 Å². The van der Waals surface area contributed by atoms with Crippen LogP contribution >= 0.6 is 23.2 Å². The Hall–Kier alpha value is -1.35. The number of halogens is 2. The maximum absolute atomic E-state index is 8.69. The molecule has 0 atom stereocenters. The van der Waals surface area contributed by atoms with Crippen molar-refractivity contribution in [3.8, 4) is 24.2 Å². The van der Waals surface area contributed by atoms with Gasteiger partial charge in [0, 0.05) is 6.42 Å². The third-order valence-electron chi connectivity index (χ3n) is 1.84. The average molecular weight is 254 g/mol. The van der Waals surface area contributed by atoms with E-state index in [4.69, 9.17) is 39.6 Å². The first-order valence-corrected chi connectivity index (χ1v) is 5.40. The van der Waals surface area contributed by atoms with Crippen LogP contribution < -0.4 is 4.74 Å². The second-order valence-corrected chi connectivity index (χ2v) is 3.85. The summed E-state index contributed by atoms with van der Waals surface area (Å²) in [5.41, 5.74) is 0.408. The zero-order chi connectivity index (χ0) is 12.0. The van der Waals surface area contributed by atoms with Gasteiger partial charge in [-0.3, -0.25) is 0 Å². The molecule has 1 aromatic carbocycles. The van der Waals surface area contributed by atoms with Crippen molar-refractivity contribution in [2.45, 2.75) is 12.8 Å². The number of nitrogens with zero attached hydrogens (tertiary/aromatic N) is 1. The molecule has 0 aliphatic heterocycles. The van der Waals surface area contributed by atoms with Gasteiger partial charge in [0.05, 0.1) is 28.3 Å². The lowest BCUT2D eigenvalue weighted by atomic mass is 10.2. The number of benzene rings is 1. The Labute approximate surface area is 105 Å². The Morgan fingerprint density at radius 1 is 1.31 bits per heavy atom. The lowest BCUT2D eigenvalue weighted by Gasteiger charge is -2.09. The predicted octanol–water partition coefficient (Wildman–Crippen LogP) is 3.66. The zero-order valence-corrected chi connectivity index (χ0v) is 9.98.